The average Bonchev–Trinajstić information content (AvgIpc) is 3.26. The Labute approximate surface area is 169 Å². The van der Waals surface area contributed by atoms with Gasteiger partial charge in [-0.3, -0.25) is 9.59 Å². The minimum atomic E-state index is 0.0430. The first-order valence-electron chi connectivity index (χ1n) is 11.2. The summed E-state index contributed by atoms with van der Waals surface area (Å²) in [5, 5.41) is 3.01. The zero-order valence-electron chi connectivity index (χ0n) is 17.3. The third-order valence-electron chi connectivity index (χ3n) is 5.86. The monoisotopic (exact) mass is 385 g/mol. The van der Waals surface area contributed by atoms with Gasteiger partial charge in [-0.2, -0.15) is 0 Å². The predicted octanol–water partition coefficient (Wildman–Crippen LogP) is 4.82. The van der Waals surface area contributed by atoms with Gasteiger partial charge in [-0.15, -0.1) is 0 Å². The van der Waals surface area contributed by atoms with E-state index < -0.39 is 0 Å². The van der Waals surface area contributed by atoms with Gasteiger partial charge >= 0.3 is 0 Å². The van der Waals surface area contributed by atoms with Gasteiger partial charge in [-0.05, 0) is 56.7 Å². The Hall–Kier alpha value is -2.04. The van der Waals surface area contributed by atoms with Gasteiger partial charge in [0.2, 0.25) is 5.91 Å². The van der Waals surface area contributed by atoms with Crippen LogP contribution in [0.2, 0.25) is 0 Å². The molecule has 1 N–H and O–H groups in total. The van der Waals surface area contributed by atoms with E-state index in [1.54, 1.807) is 0 Å². The molecule has 2 saturated heterocycles. The van der Waals surface area contributed by atoms with Crippen molar-refractivity contribution in [2.24, 2.45) is 0 Å². The van der Waals surface area contributed by atoms with Gasteiger partial charge in [0, 0.05) is 44.0 Å². The zero-order valence-corrected chi connectivity index (χ0v) is 17.3. The van der Waals surface area contributed by atoms with Gasteiger partial charge in [-0.25, -0.2) is 0 Å². The highest BCUT2D eigenvalue weighted by molar-refractivity contribution is 6.02. The van der Waals surface area contributed by atoms with E-state index in [0.29, 0.717) is 6.42 Å². The standard InChI is InChI=1S/C23H35N3O2/c1-2-3-4-6-11-22(27)24-19-12-13-21(25-14-7-5-8-15-25)20(18-19)23(28)26-16-9-10-17-26/h12-13,18H,2-11,14-17H2,1H3,(H,24,27). The summed E-state index contributed by atoms with van der Waals surface area (Å²) in [5.74, 6) is 0.151. The van der Waals surface area contributed by atoms with Crippen LogP contribution in [0.1, 0.15) is 81.5 Å². The molecule has 5 heteroatoms. The van der Waals surface area contributed by atoms with Crippen LogP contribution in [0.25, 0.3) is 0 Å². The maximum atomic E-state index is 13.2. The number of benzene rings is 1. The summed E-state index contributed by atoms with van der Waals surface area (Å²) in [6.45, 7) is 5.86. The molecule has 2 aliphatic heterocycles. The van der Waals surface area contributed by atoms with Gasteiger partial charge < -0.3 is 15.1 Å². The van der Waals surface area contributed by atoms with E-state index in [0.717, 1.165) is 68.8 Å². The summed E-state index contributed by atoms with van der Waals surface area (Å²) in [6.07, 6.45) is 10.7. The number of anilines is 2. The maximum Gasteiger partial charge on any atom is 0.256 e. The van der Waals surface area contributed by atoms with Crippen molar-refractivity contribution in [2.75, 3.05) is 36.4 Å². The Kier molecular flexibility index (Phi) is 7.75. The van der Waals surface area contributed by atoms with Crippen LogP contribution in [0.15, 0.2) is 18.2 Å². The lowest BCUT2D eigenvalue weighted by Crippen LogP contribution is -2.34. The third kappa shape index (κ3) is 5.49. The molecule has 0 atom stereocenters. The molecule has 0 unspecified atom stereocenters. The van der Waals surface area contributed by atoms with Gasteiger partial charge in [0.05, 0.1) is 5.56 Å². The van der Waals surface area contributed by atoms with E-state index in [1.165, 1.54) is 32.1 Å². The number of carbonyl (C=O) groups excluding carboxylic acids is 2. The van der Waals surface area contributed by atoms with Crippen LogP contribution in [-0.4, -0.2) is 42.9 Å². The molecule has 2 heterocycles. The minimum absolute atomic E-state index is 0.0430. The van der Waals surface area contributed by atoms with Crippen molar-refractivity contribution in [3.8, 4) is 0 Å². The van der Waals surface area contributed by atoms with Crippen molar-refractivity contribution in [3.63, 3.8) is 0 Å². The lowest BCUT2D eigenvalue weighted by Gasteiger charge is -2.31. The Balaban J connectivity index is 1.74. The molecule has 0 aromatic heterocycles. The molecule has 1 aromatic carbocycles. The summed E-state index contributed by atoms with van der Waals surface area (Å²) in [5.41, 5.74) is 2.51. The molecule has 1 aromatic rings. The molecular weight excluding hydrogens is 350 g/mol. The number of rotatable bonds is 8. The van der Waals surface area contributed by atoms with E-state index in [4.69, 9.17) is 0 Å². The molecule has 0 aliphatic carbocycles. The van der Waals surface area contributed by atoms with Gasteiger partial charge in [0.25, 0.3) is 5.91 Å². The molecule has 0 saturated carbocycles. The fourth-order valence-corrected chi connectivity index (χ4v) is 4.22. The number of amides is 2. The largest absolute Gasteiger partial charge is 0.371 e. The number of hydrogen-bond donors (Lipinski definition) is 1. The highest BCUT2D eigenvalue weighted by Crippen LogP contribution is 2.29. The van der Waals surface area contributed by atoms with Crippen molar-refractivity contribution in [3.05, 3.63) is 23.8 Å². The molecule has 154 valence electrons. The van der Waals surface area contributed by atoms with Crippen LogP contribution >= 0.6 is 0 Å². The van der Waals surface area contributed by atoms with E-state index in [2.05, 4.69) is 17.1 Å². The van der Waals surface area contributed by atoms with Crippen molar-refractivity contribution in [1.29, 1.82) is 0 Å². The number of nitrogens with one attached hydrogen (secondary N) is 1. The van der Waals surface area contributed by atoms with Crippen LogP contribution in [-0.2, 0) is 4.79 Å². The lowest BCUT2D eigenvalue weighted by atomic mass is 10.1. The summed E-state index contributed by atoms with van der Waals surface area (Å²) >= 11 is 0. The Morgan fingerprint density at radius 3 is 2.36 bits per heavy atom. The third-order valence-corrected chi connectivity index (χ3v) is 5.86. The number of unbranched alkanes of at least 4 members (excludes halogenated alkanes) is 3. The molecule has 3 rings (SSSR count). The second kappa shape index (κ2) is 10.5. The van der Waals surface area contributed by atoms with Crippen LogP contribution < -0.4 is 10.2 Å². The van der Waals surface area contributed by atoms with E-state index >= 15 is 0 Å². The SMILES string of the molecule is CCCCCCC(=O)Nc1ccc(N2CCCCC2)c(C(=O)N2CCCC2)c1. The fraction of sp³-hybridized carbons (Fsp3) is 0.652. The molecule has 2 amide bonds. The molecular formula is C23H35N3O2. The fourth-order valence-electron chi connectivity index (χ4n) is 4.22. The predicted molar refractivity (Wildman–Crippen MR) is 115 cm³/mol. The summed E-state index contributed by atoms with van der Waals surface area (Å²) < 4.78 is 0. The number of piperidine rings is 1. The normalized spacial score (nSPS) is 17.0. The second-order valence-corrected chi connectivity index (χ2v) is 8.14. The molecule has 2 fully saturated rings. The first kappa shape index (κ1) is 20.7. The quantitative estimate of drug-likeness (QED) is 0.653. The van der Waals surface area contributed by atoms with Gasteiger partial charge in [0.15, 0.2) is 0 Å². The highest BCUT2D eigenvalue weighted by atomic mass is 16.2. The summed E-state index contributed by atoms with van der Waals surface area (Å²) in [4.78, 5) is 29.8. The first-order valence-corrected chi connectivity index (χ1v) is 11.2. The van der Waals surface area contributed by atoms with E-state index in [1.807, 2.05) is 23.1 Å². The lowest BCUT2D eigenvalue weighted by molar-refractivity contribution is -0.116. The summed E-state index contributed by atoms with van der Waals surface area (Å²) in [6, 6.07) is 5.88. The Morgan fingerprint density at radius 1 is 0.929 bits per heavy atom. The number of carbonyl (C=O) groups is 2. The molecule has 0 spiro atoms. The maximum absolute atomic E-state index is 13.2. The topological polar surface area (TPSA) is 52.7 Å². The molecule has 5 nitrogen and oxygen atoms in total. The Bertz CT molecular complexity index is 662. The Morgan fingerprint density at radius 2 is 1.64 bits per heavy atom. The van der Waals surface area contributed by atoms with E-state index in [9.17, 15) is 9.59 Å². The second-order valence-electron chi connectivity index (χ2n) is 8.14. The van der Waals surface area contributed by atoms with Gasteiger partial charge in [0.1, 0.15) is 0 Å². The highest BCUT2D eigenvalue weighted by Gasteiger charge is 2.25. The average molecular weight is 386 g/mol. The molecule has 2 aliphatic rings. The number of hydrogen-bond acceptors (Lipinski definition) is 3. The van der Waals surface area contributed by atoms with E-state index in [-0.39, 0.29) is 11.8 Å². The van der Waals surface area contributed by atoms with Crippen molar-refractivity contribution >= 4 is 23.2 Å². The van der Waals surface area contributed by atoms with Crippen molar-refractivity contribution in [1.82, 2.24) is 4.90 Å². The molecule has 28 heavy (non-hydrogen) atoms. The van der Waals surface area contributed by atoms with Crippen LogP contribution in [0.5, 0.6) is 0 Å². The smallest absolute Gasteiger partial charge is 0.256 e. The van der Waals surface area contributed by atoms with Crippen LogP contribution in [0.3, 0.4) is 0 Å². The van der Waals surface area contributed by atoms with Crippen molar-refractivity contribution in [2.45, 2.75) is 71.1 Å². The summed E-state index contributed by atoms with van der Waals surface area (Å²) in [7, 11) is 0. The first-order chi connectivity index (χ1) is 13.7. The molecule has 0 bridgehead atoms. The van der Waals surface area contributed by atoms with Crippen LogP contribution in [0, 0.1) is 0 Å². The molecule has 0 radical (unpaired) electrons. The zero-order chi connectivity index (χ0) is 19.8. The van der Waals surface area contributed by atoms with Crippen molar-refractivity contribution < 1.29 is 9.59 Å². The van der Waals surface area contributed by atoms with Crippen LogP contribution in [0.4, 0.5) is 11.4 Å². The number of nitrogens with zero attached hydrogens (tertiary/aromatic N) is 2. The minimum Gasteiger partial charge on any atom is -0.371 e. The van der Waals surface area contributed by atoms with Gasteiger partial charge in [-0.1, -0.05) is 26.2 Å². The number of likely N-dealkylation sites (tertiary alicyclic amines) is 1.